The van der Waals surface area contributed by atoms with Crippen LogP contribution in [-0.2, 0) is 17.1 Å². The molecule has 2 heteroatoms. The Labute approximate surface area is 83.5 Å². The fourth-order valence-electron chi connectivity index (χ4n) is 0.934. The second-order valence-corrected chi connectivity index (χ2v) is 7.62. The predicted molar refractivity (Wildman–Crippen MR) is 49.6 cm³/mol. The van der Waals surface area contributed by atoms with Crippen LogP contribution in [0.3, 0.4) is 0 Å². The zero-order valence-electron chi connectivity index (χ0n) is 7.68. The van der Waals surface area contributed by atoms with Crippen LogP contribution in [0.1, 0.15) is 27.7 Å². The Morgan fingerprint density at radius 3 is 1.40 bits per heavy atom. The molecule has 0 nitrogen and oxygen atoms in total. The fourth-order valence-corrected chi connectivity index (χ4v) is 4.86. The molecule has 0 atom stereocenters. The van der Waals surface area contributed by atoms with E-state index in [-0.39, 0.29) is 34.1 Å². The van der Waals surface area contributed by atoms with Gasteiger partial charge in [-0.05, 0) is 0 Å². The van der Waals surface area contributed by atoms with Gasteiger partial charge in [0.2, 0.25) is 0 Å². The van der Waals surface area contributed by atoms with Gasteiger partial charge < -0.3 is 0 Å². The molecule has 0 saturated carbocycles. The minimum absolute atomic E-state index is 0. The zero-order valence-corrected chi connectivity index (χ0v) is 12.4. The standard InChI is InChI=1S/2C4H9.BrH.Zn/c2*1-4(2)3;;/h2*4H,1H2,2-3H3;1H;. The molecular formula is C8H19BrZn. The summed E-state index contributed by atoms with van der Waals surface area (Å²) in [6.07, 6.45) is 0. The Kier molecular flexibility index (Phi) is 11.2. The molecule has 60 valence electrons. The molecule has 0 aliphatic heterocycles. The minimum atomic E-state index is -0.0671. The summed E-state index contributed by atoms with van der Waals surface area (Å²) in [5.41, 5.74) is 0. The average Bonchev–Trinajstić information content (AvgIpc) is 1.63. The van der Waals surface area contributed by atoms with Gasteiger partial charge in [0.25, 0.3) is 0 Å². The van der Waals surface area contributed by atoms with E-state index in [1.165, 1.54) is 0 Å². The van der Waals surface area contributed by atoms with E-state index in [0.717, 1.165) is 11.8 Å². The Balaban J connectivity index is 0. The van der Waals surface area contributed by atoms with Crippen LogP contribution < -0.4 is 0 Å². The van der Waals surface area contributed by atoms with Crippen molar-refractivity contribution in [3.8, 4) is 0 Å². The van der Waals surface area contributed by atoms with Crippen molar-refractivity contribution in [1.82, 2.24) is 0 Å². The van der Waals surface area contributed by atoms with E-state index < -0.39 is 0 Å². The number of rotatable bonds is 4. The van der Waals surface area contributed by atoms with Crippen LogP contribution in [0, 0.1) is 11.8 Å². The SMILES string of the molecule is Br.CC(C)[CH2][Zn][CH2]C(C)C. The molecule has 0 heterocycles. The molecule has 0 unspecified atom stereocenters. The molecule has 0 rings (SSSR count). The first-order valence-electron chi connectivity index (χ1n) is 4.13. The van der Waals surface area contributed by atoms with Crippen LogP contribution in [0.2, 0.25) is 10.0 Å². The van der Waals surface area contributed by atoms with Gasteiger partial charge in [-0.15, -0.1) is 17.0 Å². The van der Waals surface area contributed by atoms with Gasteiger partial charge in [0.1, 0.15) is 0 Å². The van der Waals surface area contributed by atoms with Crippen LogP contribution in [0.5, 0.6) is 0 Å². The van der Waals surface area contributed by atoms with Gasteiger partial charge in [-0.25, -0.2) is 0 Å². The quantitative estimate of drug-likeness (QED) is 0.675. The normalized spacial score (nSPS) is 9.40. The molecule has 0 aromatic rings. The summed E-state index contributed by atoms with van der Waals surface area (Å²) < 4.78 is 0. The maximum atomic E-state index is 2.34. The summed E-state index contributed by atoms with van der Waals surface area (Å²) in [6.45, 7) is 9.36. The predicted octanol–water partition coefficient (Wildman–Crippen LogP) is 3.80. The van der Waals surface area contributed by atoms with Gasteiger partial charge in [-0.2, -0.15) is 0 Å². The fraction of sp³-hybridized carbons (Fsp3) is 1.00. The summed E-state index contributed by atoms with van der Waals surface area (Å²) in [5.74, 6) is 1.95. The molecule has 0 aromatic heterocycles. The van der Waals surface area contributed by atoms with Crippen molar-refractivity contribution in [2.45, 2.75) is 37.7 Å². The molecule has 0 spiro atoms. The topological polar surface area (TPSA) is 0 Å². The average molecular weight is 261 g/mol. The number of hydrogen-bond acceptors (Lipinski definition) is 0. The summed E-state index contributed by atoms with van der Waals surface area (Å²) >= 11 is -0.0671. The molecule has 0 aliphatic rings. The van der Waals surface area contributed by atoms with E-state index in [1.54, 1.807) is 10.0 Å². The molecule has 0 radical (unpaired) electrons. The third-order valence-corrected chi connectivity index (χ3v) is 8.12. The van der Waals surface area contributed by atoms with Gasteiger partial charge in [0, 0.05) is 0 Å². The third kappa shape index (κ3) is 11.8. The monoisotopic (exact) mass is 258 g/mol. The molecule has 0 N–H and O–H groups in total. The molecule has 0 fully saturated rings. The summed E-state index contributed by atoms with van der Waals surface area (Å²) in [6, 6.07) is 0. The second-order valence-electron chi connectivity index (χ2n) is 3.72. The van der Waals surface area contributed by atoms with E-state index >= 15 is 0 Å². The van der Waals surface area contributed by atoms with Crippen molar-refractivity contribution in [3.63, 3.8) is 0 Å². The Bertz CT molecular complexity index is 54.3. The zero-order chi connectivity index (χ0) is 7.28. The first-order chi connectivity index (χ1) is 4.13. The number of halogens is 1. The molecule has 10 heavy (non-hydrogen) atoms. The molecular weight excluding hydrogens is 241 g/mol. The van der Waals surface area contributed by atoms with Crippen molar-refractivity contribution in [2.75, 3.05) is 0 Å². The van der Waals surface area contributed by atoms with Crippen LogP contribution in [0.25, 0.3) is 0 Å². The van der Waals surface area contributed by atoms with E-state index in [1.807, 2.05) is 0 Å². The van der Waals surface area contributed by atoms with E-state index in [0.29, 0.717) is 0 Å². The van der Waals surface area contributed by atoms with Crippen molar-refractivity contribution in [1.29, 1.82) is 0 Å². The van der Waals surface area contributed by atoms with E-state index in [4.69, 9.17) is 0 Å². The van der Waals surface area contributed by atoms with Crippen LogP contribution in [0.15, 0.2) is 0 Å². The van der Waals surface area contributed by atoms with Gasteiger partial charge in [0.05, 0.1) is 0 Å². The molecule has 0 aliphatic carbocycles. The van der Waals surface area contributed by atoms with Gasteiger partial charge in [0.15, 0.2) is 0 Å². The summed E-state index contributed by atoms with van der Waals surface area (Å²) in [7, 11) is 0. The van der Waals surface area contributed by atoms with Crippen molar-refractivity contribution in [3.05, 3.63) is 0 Å². The Morgan fingerprint density at radius 2 is 1.20 bits per heavy atom. The molecule has 0 amide bonds. The van der Waals surface area contributed by atoms with Crippen LogP contribution >= 0.6 is 17.0 Å². The summed E-state index contributed by atoms with van der Waals surface area (Å²) in [5, 5.41) is 3.18. The second kappa shape index (κ2) is 8.20. The molecule has 0 aromatic carbocycles. The van der Waals surface area contributed by atoms with E-state index in [2.05, 4.69) is 27.7 Å². The van der Waals surface area contributed by atoms with Crippen LogP contribution in [-0.4, -0.2) is 0 Å². The van der Waals surface area contributed by atoms with E-state index in [9.17, 15) is 0 Å². The first-order valence-corrected chi connectivity index (χ1v) is 8.32. The van der Waals surface area contributed by atoms with Gasteiger partial charge >= 0.3 is 66.7 Å². The maximum absolute atomic E-state index is 2.34. The summed E-state index contributed by atoms with van der Waals surface area (Å²) in [4.78, 5) is 0. The Morgan fingerprint density at radius 1 is 0.900 bits per heavy atom. The van der Waals surface area contributed by atoms with Crippen molar-refractivity contribution < 1.29 is 17.1 Å². The molecule has 0 bridgehead atoms. The van der Waals surface area contributed by atoms with Gasteiger partial charge in [-0.1, -0.05) is 0 Å². The number of hydrogen-bond donors (Lipinski definition) is 0. The Hall–Kier alpha value is 1.10. The third-order valence-electron chi connectivity index (χ3n) is 1.56. The van der Waals surface area contributed by atoms with Crippen LogP contribution in [0.4, 0.5) is 0 Å². The first kappa shape index (κ1) is 13.7. The van der Waals surface area contributed by atoms with Gasteiger partial charge in [-0.3, -0.25) is 0 Å². The van der Waals surface area contributed by atoms with Crippen molar-refractivity contribution >= 4 is 17.0 Å². The molecule has 0 saturated heterocycles. The van der Waals surface area contributed by atoms with Crippen molar-refractivity contribution in [2.24, 2.45) is 11.8 Å².